The summed E-state index contributed by atoms with van der Waals surface area (Å²) in [4.78, 5) is 0.732. The lowest BCUT2D eigenvalue weighted by Gasteiger charge is -2.01. The fourth-order valence-corrected chi connectivity index (χ4v) is 4.80. The zero-order chi connectivity index (χ0) is 14.8. The molecule has 6 nitrogen and oxygen atoms in total. The fraction of sp³-hybridized carbons (Fsp3) is 0.455. The summed E-state index contributed by atoms with van der Waals surface area (Å²) >= 11 is 2.44. The number of nitrogens with zero attached hydrogens (tertiary/aromatic N) is 2. The SMILES string of the molecule is CC(C)Cc1nnc(NS(=O)(=O)c2csc(CO)c2)s1. The standard InChI is InChI=1S/C11H15N3O3S3/c1-7(2)3-10-12-13-11(19-10)14-20(16,17)9-4-8(5-15)18-6-9/h4,6-7,15H,3,5H2,1-2H3,(H,13,14). The molecule has 2 heterocycles. The summed E-state index contributed by atoms with van der Waals surface area (Å²) in [5.74, 6) is 0.441. The Morgan fingerprint density at radius 2 is 2.15 bits per heavy atom. The van der Waals surface area contributed by atoms with E-state index in [1.807, 2.05) is 0 Å². The summed E-state index contributed by atoms with van der Waals surface area (Å²) < 4.78 is 26.6. The van der Waals surface area contributed by atoms with Crippen molar-refractivity contribution in [3.05, 3.63) is 21.3 Å². The molecule has 0 aliphatic heterocycles. The molecule has 0 saturated carbocycles. The quantitative estimate of drug-likeness (QED) is 0.844. The predicted octanol–water partition coefficient (Wildman–Crippen LogP) is 2.09. The van der Waals surface area contributed by atoms with Gasteiger partial charge >= 0.3 is 0 Å². The third kappa shape index (κ3) is 3.75. The third-order valence-corrected chi connectivity index (χ3v) is 5.75. The van der Waals surface area contributed by atoms with Crippen molar-refractivity contribution in [2.75, 3.05) is 4.72 Å². The van der Waals surface area contributed by atoms with Gasteiger partial charge in [0.2, 0.25) is 5.13 Å². The second-order valence-electron chi connectivity index (χ2n) is 4.61. The number of anilines is 1. The van der Waals surface area contributed by atoms with E-state index < -0.39 is 10.0 Å². The Morgan fingerprint density at radius 1 is 1.40 bits per heavy atom. The molecular formula is C11H15N3O3S3. The van der Waals surface area contributed by atoms with Crippen LogP contribution in [0, 0.1) is 5.92 Å². The number of aromatic nitrogens is 2. The zero-order valence-electron chi connectivity index (χ0n) is 11.0. The van der Waals surface area contributed by atoms with Crippen LogP contribution in [0.4, 0.5) is 5.13 Å². The summed E-state index contributed by atoms with van der Waals surface area (Å²) in [6.07, 6.45) is 0.770. The van der Waals surface area contributed by atoms with Gasteiger partial charge in [0.15, 0.2) is 0 Å². The third-order valence-electron chi connectivity index (χ3n) is 2.37. The molecule has 0 bridgehead atoms. The van der Waals surface area contributed by atoms with Gasteiger partial charge in [-0.1, -0.05) is 25.2 Å². The van der Waals surface area contributed by atoms with Gasteiger partial charge in [0.1, 0.15) is 5.01 Å². The zero-order valence-corrected chi connectivity index (χ0v) is 13.5. The van der Waals surface area contributed by atoms with Crippen LogP contribution in [0.2, 0.25) is 0 Å². The van der Waals surface area contributed by atoms with Crippen molar-refractivity contribution >= 4 is 37.8 Å². The largest absolute Gasteiger partial charge is 0.391 e. The minimum absolute atomic E-state index is 0.132. The van der Waals surface area contributed by atoms with Crippen LogP contribution >= 0.6 is 22.7 Å². The maximum absolute atomic E-state index is 12.1. The van der Waals surface area contributed by atoms with E-state index in [1.165, 1.54) is 34.1 Å². The van der Waals surface area contributed by atoms with Gasteiger partial charge in [0.05, 0.1) is 11.5 Å². The Balaban J connectivity index is 2.13. The van der Waals surface area contributed by atoms with Gasteiger partial charge in [-0.05, 0) is 12.0 Å². The van der Waals surface area contributed by atoms with Crippen molar-refractivity contribution in [3.8, 4) is 0 Å². The number of aliphatic hydroxyl groups excluding tert-OH is 1. The van der Waals surface area contributed by atoms with Crippen molar-refractivity contribution in [2.45, 2.75) is 31.8 Å². The van der Waals surface area contributed by atoms with E-state index in [1.54, 1.807) is 0 Å². The molecule has 2 aromatic rings. The first-order valence-electron chi connectivity index (χ1n) is 5.94. The Kier molecular flexibility index (Phi) is 4.74. The second kappa shape index (κ2) is 6.17. The summed E-state index contributed by atoms with van der Waals surface area (Å²) in [5.41, 5.74) is 0. The topological polar surface area (TPSA) is 92.2 Å². The Morgan fingerprint density at radius 3 is 2.75 bits per heavy atom. The van der Waals surface area contributed by atoms with Gasteiger partial charge in [0.25, 0.3) is 10.0 Å². The number of sulfonamides is 1. The lowest BCUT2D eigenvalue weighted by molar-refractivity contribution is 0.285. The molecule has 0 spiro atoms. The molecule has 0 unspecified atom stereocenters. The van der Waals surface area contributed by atoms with Gasteiger partial charge in [-0.15, -0.1) is 21.5 Å². The molecule has 2 rings (SSSR count). The maximum Gasteiger partial charge on any atom is 0.264 e. The highest BCUT2D eigenvalue weighted by Crippen LogP contribution is 2.24. The van der Waals surface area contributed by atoms with E-state index in [-0.39, 0.29) is 16.6 Å². The number of hydrogen-bond acceptors (Lipinski definition) is 7. The second-order valence-corrected chi connectivity index (χ2v) is 8.35. The van der Waals surface area contributed by atoms with Gasteiger partial charge in [0, 0.05) is 16.7 Å². The summed E-state index contributed by atoms with van der Waals surface area (Å²) in [7, 11) is -3.66. The van der Waals surface area contributed by atoms with Crippen LogP contribution in [0.3, 0.4) is 0 Å². The molecule has 0 aromatic carbocycles. The molecule has 0 saturated heterocycles. The van der Waals surface area contributed by atoms with Gasteiger partial charge in [-0.25, -0.2) is 8.42 Å². The number of rotatable bonds is 6. The molecule has 0 radical (unpaired) electrons. The average molecular weight is 333 g/mol. The van der Waals surface area contributed by atoms with E-state index in [0.717, 1.165) is 11.4 Å². The summed E-state index contributed by atoms with van der Waals surface area (Å²) in [5, 5.41) is 19.3. The number of nitrogens with one attached hydrogen (secondary N) is 1. The van der Waals surface area contributed by atoms with E-state index in [4.69, 9.17) is 5.11 Å². The van der Waals surface area contributed by atoms with Crippen LogP contribution in [0.5, 0.6) is 0 Å². The monoisotopic (exact) mass is 333 g/mol. The van der Waals surface area contributed by atoms with Gasteiger partial charge in [-0.3, -0.25) is 4.72 Å². The van der Waals surface area contributed by atoms with Crippen LogP contribution in [-0.4, -0.2) is 23.7 Å². The van der Waals surface area contributed by atoms with Crippen LogP contribution in [0.25, 0.3) is 0 Å². The molecule has 2 aromatic heterocycles. The predicted molar refractivity (Wildman–Crippen MR) is 79.5 cm³/mol. The summed E-state index contributed by atoms with van der Waals surface area (Å²) in [6.45, 7) is 3.96. The van der Waals surface area contributed by atoms with Crippen molar-refractivity contribution in [1.29, 1.82) is 0 Å². The first-order chi connectivity index (χ1) is 9.40. The first kappa shape index (κ1) is 15.4. The van der Waals surface area contributed by atoms with E-state index in [2.05, 4.69) is 28.8 Å². The lowest BCUT2D eigenvalue weighted by atomic mass is 10.1. The highest BCUT2D eigenvalue weighted by Gasteiger charge is 2.18. The van der Waals surface area contributed by atoms with Crippen molar-refractivity contribution in [1.82, 2.24) is 10.2 Å². The van der Waals surface area contributed by atoms with E-state index in [0.29, 0.717) is 10.8 Å². The Bertz CT molecular complexity index is 676. The van der Waals surface area contributed by atoms with E-state index >= 15 is 0 Å². The molecule has 0 amide bonds. The molecule has 2 N–H and O–H groups in total. The van der Waals surface area contributed by atoms with Crippen LogP contribution in [-0.2, 0) is 23.1 Å². The highest BCUT2D eigenvalue weighted by molar-refractivity contribution is 7.93. The molecule has 110 valence electrons. The first-order valence-corrected chi connectivity index (χ1v) is 9.12. The molecular weight excluding hydrogens is 318 g/mol. The van der Waals surface area contributed by atoms with E-state index in [9.17, 15) is 8.42 Å². The Hall–Kier alpha value is -1.03. The molecule has 0 fully saturated rings. The number of thiophene rings is 1. The molecule has 20 heavy (non-hydrogen) atoms. The lowest BCUT2D eigenvalue weighted by Crippen LogP contribution is -2.11. The summed E-state index contributed by atoms with van der Waals surface area (Å²) in [6, 6.07) is 1.45. The molecule has 0 aliphatic rings. The number of aliphatic hydroxyl groups is 1. The van der Waals surface area contributed by atoms with Crippen LogP contribution in [0.1, 0.15) is 23.7 Å². The smallest absolute Gasteiger partial charge is 0.264 e. The van der Waals surface area contributed by atoms with Gasteiger partial charge in [-0.2, -0.15) is 0 Å². The van der Waals surface area contributed by atoms with Crippen molar-refractivity contribution < 1.29 is 13.5 Å². The van der Waals surface area contributed by atoms with Crippen LogP contribution < -0.4 is 4.72 Å². The normalized spacial score (nSPS) is 12.0. The minimum atomic E-state index is -3.66. The highest BCUT2D eigenvalue weighted by atomic mass is 32.2. The molecule has 0 aliphatic carbocycles. The van der Waals surface area contributed by atoms with Crippen molar-refractivity contribution in [2.24, 2.45) is 5.92 Å². The Labute approximate surface area is 125 Å². The van der Waals surface area contributed by atoms with Gasteiger partial charge < -0.3 is 5.11 Å². The minimum Gasteiger partial charge on any atom is -0.391 e. The average Bonchev–Trinajstić information content (AvgIpc) is 2.97. The van der Waals surface area contributed by atoms with Crippen LogP contribution in [0.15, 0.2) is 16.3 Å². The molecule has 9 heteroatoms. The number of hydrogen-bond donors (Lipinski definition) is 2. The molecule has 0 atom stereocenters. The fourth-order valence-electron chi connectivity index (χ4n) is 1.48. The van der Waals surface area contributed by atoms with Crippen molar-refractivity contribution in [3.63, 3.8) is 0 Å². The maximum atomic E-state index is 12.1.